The van der Waals surface area contributed by atoms with Gasteiger partial charge in [0, 0.05) is 47.7 Å². The summed E-state index contributed by atoms with van der Waals surface area (Å²) in [6.45, 7) is 0. The summed E-state index contributed by atoms with van der Waals surface area (Å²) in [5.41, 5.74) is 9.00. The van der Waals surface area contributed by atoms with Crippen molar-refractivity contribution in [2.45, 2.75) is 0 Å². The molecule has 440 valence electrons. The number of benzene rings is 15. The molecule has 0 aliphatic rings. The van der Waals surface area contributed by atoms with E-state index in [0.717, 1.165) is 125 Å². The second-order valence-corrected chi connectivity index (χ2v) is 31.1. The van der Waals surface area contributed by atoms with E-state index in [1.807, 2.05) is 212 Å². The summed E-state index contributed by atoms with van der Waals surface area (Å²) < 4.78 is 46.4. The van der Waals surface area contributed by atoms with Crippen LogP contribution in [0.1, 0.15) is 33.4 Å². The van der Waals surface area contributed by atoms with Gasteiger partial charge in [-0.2, -0.15) is 0 Å². The molecule has 0 aliphatic carbocycles. The van der Waals surface area contributed by atoms with E-state index in [2.05, 4.69) is 170 Å². The predicted octanol–water partition coefficient (Wildman–Crippen LogP) is 18.4. The largest absolute Gasteiger partial charge is 0.309 e. The molecule has 0 aliphatic heterocycles. The fraction of sp³-hybridized carbons (Fsp3) is 0. The smallest absolute Gasteiger partial charge is 0.171 e. The van der Waals surface area contributed by atoms with E-state index in [1.54, 1.807) is 0 Å². The summed E-state index contributed by atoms with van der Waals surface area (Å²) in [6.07, 6.45) is 4.42. The topological polar surface area (TPSA) is 51.2 Å². The Morgan fingerprint density at radius 2 is 0.424 bits per heavy atom. The van der Waals surface area contributed by atoms with Gasteiger partial charge in [-0.25, -0.2) is 0 Å². The highest BCUT2D eigenvalue weighted by molar-refractivity contribution is 7.86. The number of rotatable bonds is 15. The Morgan fingerprint density at radius 3 is 0.685 bits per heavy atom. The zero-order valence-corrected chi connectivity index (χ0v) is 53.1. The fourth-order valence-electron chi connectivity index (χ4n) is 12.8. The standard InChI is InChI=1S/C46H35OP.C40H28O2P2/c47-48(42-24-14-5-15-25-42,43-30-26-36(27-31-43)34-45(38-16-6-1-7-17-38)39-18-8-2-9-19-39)44-32-28-37(29-33-44)35-46(40-20-10-3-11-21-40)41-22-12-4-13-23-41;41-43(31-13-5-1-6-14-31,32-15-7-2-8-16-32)37-27-23-29-22-26-36-38(28-24-30-21-25-35(37)39(29)40(30)36)44(42,33-17-9-3-10-18-33)34-19-11-4-12-20-34/h1-35H;1-28H. The third-order valence-corrected chi connectivity index (χ3v) is 26.7. The van der Waals surface area contributed by atoms with Crippen molar-refractivity contribution in [3.63, 3.8) is 0 Å². The van der Waals surface area contributed by atoms with Gasteiger partial charge in [-0.05, 0) is 101 Å². The molecule has 6 heteroatoms. The number of hydrogen-bond acceptors (Lipinski definition) is 3. The SMILES string of the molecule is O=P(c1ccccc1)(c1ccc(C=C(c2ccccc2)c2ccccc2)cc1)c1ccc(C=C(c2ccccc2)c2ccccc2)cc1.O=P(c1ccccc1)(c1ccccc1)c1ccc2ccc3c(P(=O)(c4ccccc4)c4ccccc4)ccc4ccc1c2c43. The third kappa shape index (κ3) is 11.4. The third-order valence-electron chi connectivity index (χ3n) is 17.4. The fourth-order valence-corrected chi connectivity index (χ4v) is 21.2. The maximum Gasteiger partial charge on any atom is 0.171 e. The Balaban J connectivity index is 0.000000160. The van der Waals surface area contributed by atoms with E-state index in [0.29, 0.717) is 0 Å². The Morgan fingerprint density at radius 1 is 0.207 bits per heavy atom. The van der Waals surface area contributed by atoms with Crippen molar-refractivity contribution in [3.05, 3.63) is 403 Å². The maximum absolute atomic E-state index is 15.5. The van der Waals surface area contributed by atoms with E-state index in [-0.39, 0.29) is 0 Å². The first-order chi connectivity index (χ1) is 45.3. The first kappa shape index (κ1) is 59.2. The Kier molecular flexibility index (Phi) is 16.8. The van der Waals surface area contributed by atoms with Gasteiger partial charge >= 0.3 is 0 Å². The van der Waals surface area contributed by atoms with Crippen molar-refractivity contribution in [3.8, 4) is 0 Å². The van der Waals surface area contributed by atoms with Gasteiger partial charge in [0.15, 0.2) is 21.4 Å². The minimum atomic E-state index is -3.23. The highest BCUT2D eigenvalue weighted by Gasteiger charge is 2.35. The van der Waals surface area contributed by atoms with Crippen LogP contribution in [-0.2, 0) is 13.7 Å². The van der Waals surface area contributed by atoms with Crippen LogP contribution < -0.4 is 47.7 Å². The molecule has 0 spiro atoms. The van der Waals surface area contributed by atoms with E-state index >= 15 is 13.7 Å². The Labute approximate surface area is 538 Å². The molecular weight excluding hydrogens is 1170 g/mol. The molecule has 3 nitrogen and oxygen atoms in total. The minimum absolute atomic E-state index is 0.805. The molecule has 0 heterocycles. The number of hydrogen-bond donors (Lipinski definition) is 0. The summed E-state index contributed by atoms with van der Waals surface area (Å²) in [4.78, 5) is 0. The highest BCUT2D eigenvalue weighted by Crippen LogP contribution is 2.50. The second kappa shape index (κ2) is 26.2. The van der Waals surface area contributed by atoms with E-state index < -0.39 is 21.4 Å². The van der Waals surface area contributed by atoms with E-state index in [1.165, 1.54) is 0 Å². The zero-order chi connectivity index (χ0) is 62.3. The van der Waals surface area contributed by atoms with Gasteiger partial charge < -0.3 is 13.7 Å². The predicted molar refractivity (Wildman–Crippen MR) is 394 cm³/mol. The van der Waals surface area contributed by atoms with Gasteiger partial charge in [-0.3, -0.25) is 0 Å². The van der Waals surface area contributed by atoms with Crippen LogP contribution in [0.3, 0.4) is 0 Å². The molecule has 0 atom stereocenters. The summed E-state index contributed by atoms with van der Waals surface area (Å²) in [5.74, 6) is 0. The Hall–Kier alpha value is -10.5. The van der Waals surface area contributed by atoms with Crippen molar-refractivity contribution in [2.75, 3.05) is 0 Å². The van der Waals surface area contributed by atoms with E-state index in [4.69, 9.17) is 0 Å². The van der Waals surface area contributed by atoms with Crippen LogP contribution in [0, 0.1) is 0 Å². The molecule has 15 aromatic carbocycles. The summed E-state index contributed by atoms with van der Waals surface area (Å²) >= 11 is 0. The molecule has 0 aromatic heterocycles. The van der Waals surface area contributed by atoms with Crippen LogP contribution in [-0.4, -0.2) is 0 Å². The van der Waals surface area contributed by atoms with Crippen LogP contribution >= 0.6 is 21.4 Å². The Bertz CT molecular complexity index is 4740. The van der Waals surface area contributed by atoms with Crippen molar-refractivity contribution in [1.82, 2.24) is 0 Å². The van der Waals surface area contributed by atoms with Gasteiger partial charge in [0.05, 0.1) is 0 Å². The quantitative estimate of drug-likeness (QED) is 0.0584. The second-order valence-electron chi connectivity index (χ2n) is 22.9. The van der Waals surface area contributed by atoms with Gasteiger partial charge in [0.25, 0.3) is 0 Å². The van der Waals surface area contributed by atoms with Gasteiger partial charge in [-0.15, -0.1) is 0 Å². The molecule has 0 radical (unpaired) electrons. The molecule has 0 N–H and O–H groups in total. The van der Waals surface area contributed by atoms with Gasteiger partial charge in [-0.1, -0.05) is 358 Å². The van der Waals surface area contributed by atoms with Gasteiger partial charge in [0.1, 0.15) is 0 Å². The lowest BCUT2D eigenvalue weighted by atomic mass is 9.94. The molecule has 0 saturated heterocycles. The average Bonchev–Trinajstić information content (AvgIpc) is 0.716. The molecule has 0 bridgehead atoms. The average molecular weight is 1240 g/mol. The molecule has 15 rings (SSSR count). The van der Waals surface area contributed by atoms with Crippen molar-refractivity contribution < 1.29 is 13.7 Å². The summed E-state index contributed by atoms with van der Waals surface area (Å²) in [7, 11) is -9.62. The first-order valence-electron chi connectivity index (χ1n) is 30.9. The van der Waals surface area contributed by atoms with Crippen molar-refractivity contribution in [1.29, 1.82) is 0 Å². The van der Waals surface area contributed by atoms with Crippen molar-refractivity contribution in [2.24, 2.45) is 0 Å². The summed E-state index contributed by atoms with van der Waals surface area (Å²) in [6, 6.07) is 124. The van der Waals surface area contributed by atoms with Crippen LogP contribution in [0.25, 0.3) is 55.6 Å². The van der Waals surface area contributed by atoms with Gasteiger partial charge in [0.2, 0.25) is 0 Å². The molecule has 0 amide bonds. The zero-order valence-electron chi connectivity index (χ0n) is 50.4. The summed E-state index contributed by atoms with van der Waals surface area (Å²) in [5, 5.41) is 13.5. The molecular formula is C86H63O3P3. The monoisotopic (exact) mass is 1240 g/mol. The lowest BCUT2D eigenvalue weighted by Crippen LogP contribution is -2.26. The molecule has 0 fully saturated rings. The molecule has 15 aromatic rings. The lowest BCUT2D eigenvalue weighted by molar-refractivity contribution is 0.591. The van der Waals surface area contributed by atoms with Crippen LogP contribution in [0.15, 0.2) is 370 Å². The first-order valence-corrected chi connectivity index (χ1v) is 36.1. The van der Waals surface area contributed by atoms with Crippen LogP contribution in [0.5, 0.6) is 0 Å². The lowest BCUT2D eigenvalue weighted by Gasteiger charge is -2.25. The van der Waals surface area contributed by atoms with Crippen LogP contribution in [0.2, 0.25) is 0 Å². The van der Waals surface area contributed by atoms with Crippen molar-refractivity contribution >= 4 is 125 Å². The highest BCUT2D eigenvalue weighted by atomic mass is 31.2. The normalized spacial score (nSPS) is 11.6. The van der Waals surface area contributed by atoms with E-state index in [9.17, 15) is 0 Å². The molecule has 0 unspecified atom stereocenters. The van der Waals surface area contributed by atoms with Crippen LogP contribution in [0.4, 0.5) is 0 Å². The molecule has 92 heavy (non-hydrogen) atoms. The minimum Gasteiger partial charge on any atom is -0.309 e. The molecule has 0 saturated carbocycles. The maximum atomic E-state index is 15.5.